The highest BCUT2D eigenvalue weighted by molar-refractivity contribution is 7.91. The fraction of sp³-hybridized carbons (Fsp3) is 0.286. The fourth-order valence-corrected chi connectivity index (χ4v) is 3.61. The van der Waals surface area contributed by atoms with Gasteiger partial charge in [-0.15, -0.1) is 11.3 Å². The van der Waals surface area contributed by atoms with Crippen molar-refractivity contribution < 1.29 is 17.6 Å². The van der Waals surface area contributed by atoms with Crippen molar-refractivity contribution in [2.75, 3.05) is 18.0 Å². The van der Waals surface area contributed by atoms with Crippen LogP contribution in [0.1, 0.15) is 12.1 Å². The van der Waals surface area contributed by atoms with Crippen LogP contribution in [0, 0.1) is 5.82 Å². The molecule has 0 bridgehead atoms. The summed E-state index contributed by atoms with van der Waals surface area (Å²) >= 11 is 1.30. The summed E-state index contributed by atoms with van der Waals surface area (Å²) in [6.45, 7) is -0.00223. The van der Waals surface area contributed by atoms with Gasteiger partial charge in [-0.3, -0.25) is 4.79 Å². The van der Waals surface area contributed by atoms with Crippen molar-refractivity contribution in [3.63, 3.8) is 0 Å². The molecule has 1 heterocycles. The topological polar surface area (TPSA) is 102 Å². The van der Waals surface area contributed by atoms with E-state index in [1.807, 2.05) is 0 Å². The lowest BCUT2D eigenvalue weighted by atomic mass is 10.2. The Morgan fingerprint density at radius 2 is 2.00 bits per heavy atom. The molecular weight excluding hydrogens is 341 g/mol. The van der Waals surface area contributed by atoms with Crippen molar-refractivity contribution in [2.45, 2.75) is 17.7 Å². The van der Waals surface area contributed by atoms with Gasteiger partial charge in [-0.25, -0.2) is 17.8 Å². The number of benzene rings is 1. The highest BCUT2D eigenvalue weighted by Crippen LogP contribution is 2.13. The van der Waals surface area contributed by atoms with Gasteiger partial charge in [-0.1, -0.05) is 0 Å². The van der Waals surface area contributed by atoms with Crippen LogP contribution in [0.5, 0.6) is 0 Å². The lowest BCUT2D eigenvalue weighted by molar-refractivity contribution is -0.120. The number of thiazole rings is 1. The van der Waals surface area contributed by atoms with Gasteiger partial charge in [0.1, 0.15) is 5.82 Å². The maximum absolute atomic E-state index is 12.8. The van der Waals surface area contributed by atoms with Gasteiger partial charge < -0.3 is 11.1 Å². The number of nitrogens with zero attached hydrogens (tertiary/aromatic N) is 1. The van der Waals surface area contributed by atoms with Crippen LogP contribution in [-0.4, -0.2) is 31.6 Å². The molecule has 9 heteroatoms. The summed E-state index contributed by atoms with van der Waals surface area (Å²) < 4.78 is 36.8. The molecule has 0 aliphatic rings. The molecule has 1 amide bonds. The summed E-state index contributed by atoms with van der Waals surface area (Å²) in [5.41, 5.74) is 6.23. The predicted molar refractivity (Wildman–Crippen MR) is 86.3 cm³/mol. The number of amides is 1. The molecule has 0 aliphatic carbocycles. The number of nitrogens with two attached hydrogens (primary N) is 1. The third-order valence-corrected chi connectivity index (χ3v) is 5.50. The first-order valence-corrected chi connectivity index (χ1v) is 9.35. The Bertz CT molecular complexity index is 773. The van der Waals surface area contributed by atoms with E-state index in [2.05, 4.69) is 10.3 Å². The average molecular weight is 357 g/mol. The summed E-state index contributed by atoms with van der Waals surface area (Å²) in [5, 5.41) is 4.78. The molecule has 0 aliphatic heterocycles. The van der Waals surface area contributed by atoms with Crippen molar-refractivity contribution in [2.24, 2.45) is 0 Å². The minimum atomic E-state index is -3.55. The largest absolute Gasteiger partial charge is 0.375 e. The number of halogens is 1. The Labute approximate surface area is 137 Å². The van der Waals surface area contributed by atoms with E-state index in [4.69, 9.17) is 5.73 Å². The predicted octanol–water partition coefficient (Wildman–Crippen LogP) is 1.39. The first-order valence-electron chi connectivity index (χ1n) is 6.82. The SMILES string of the molecule is Nc1nc(CCC(=O)NCCS(=O)(=O)c2ccc(F)cc2)cs1. The van der Waals surface area contributed by atoms with Crippen LogP contribution in [0.4, 0.5) is 9.52 Å². The number of anilines is 1. The van der Waals surface area contributed by atoms with E-state index in [1.165, 1.54) is 23.5 Å². The monoisotopic (exact) mass is 357 g/mol. The van der Waals surface area contributed by atoms with Crippen LogP contribution >= 0.6 is 11.3 Å². The molecule has 6 nitrogen and oxygen atoms in total. The number of nitrogens with one attached hydrogen (secondary N) is 1. The number of aromatic nitrogens is 1. The Morgan fingerprint density at radius 3 is 2.61 bits per heavy atom. The van der Waals surface area contributed by atoms with Crippen molar-refractivity contribution >= 4 is 32.2 Å². The van der Waals surface area contributed by atoms with Crippen molar-refractivity contribution in [3.8, 4) is 0 Å². The van der Waals surface area contributed by atoms with Crippen LogP contribution in [0.25, 0.3) is 0 Å². The summed E-state index contributed by atoms with van der Waals surface area (Å²) in [4.78, 5) is 15.8. The summed E-state index contributed by atoms with van der Waals surface area (Å²) in [6, 6.07) is 4.59. The molecule has 124 valence electrons. The second-order valence-corrected chi connectivity index (χ2v) is 7.80. The molecule has 0 fully saturated rings. The maximum Gasteiger partial charge on any atom is 0.220 e. The lowest BCUT2D eigenvalue weighted by Crippen LogP contribution is -2.29. The zero-order valence-corrected chi connectivity index (χ0v) is 13.8. The van der Waals surface area contributed by atoms with Gasteiger partial charge in [-0.2, -0.15) is 0 Å². The van der Waals surface area contributed by atoms with Gasteiger partial charge in [0.05, 0.1) is 16.3 Å². The van der Waals surface area contributed by atoms with Gasteiger partial charge in [0.25, 0.3) is 0 Å². The maximum atomic E-state index is 12.8. The molecule has 0 spiro atoms. The number of hydrogen-bond donors (Lipinski definition) is 2. The Kier molecular flexibility index (Phi) is 5.67. The minimum Gasteiger partial charge on any atom is -0.375 e. The molecular formula is C14H16FN3O3S2. The first kappa shape index (κ1) is 17.4. The van der Waals surface area contributed by atoms with Crippen molar-refractivity contribution in [3.05, 3.63) is 41.2 Å². The number of aryl methyl sites for hydroxylation is 1. The van der Waals surface area contributed by atoms with E-state index in [0.717, 1.165) is 17.8 Å². The van der Waals surface area contributed by atoms with Gasteiger partial charge in [0.2, 0.25) is 5.91 Å². The third kappa shape index (κ3) is 5.29. The summed E-state index contributed by atoms with van der Waals surface area (Å²) in [6.07, 6.45) is 0.657. The zero-order valence-electron chi connectivity index (χ0n) is 12.2. The van der Waals surface area contributed by atoms with E-state index in [-0.39, 0.29) is 29.5 Å². The van der Waals surface area contributed by atoms with Crippen molar-refractivity contribution in [1.29, 1.82) is 0 Å². The number of carbonyl (C=O) groups excluding carboxylic acids is 1. The number of carbonyl (C=O) groups is 1. The smallest absolute Gasteiger partial charge is 0.220 e. The number of hydrogen-bond acceptors (Lipinski definition) is 6. The van der Waals surface area contributed by atoms with Crippen LogP contribution in [0.2, 0.25) is 0 Å². The molecule has 0 radical (unpaired) electrons. The lowest BCUT2D eigenvalue weighted by Gasteiger charge is -2.06. The molecule has 3 N–H and O–H groups in total. The van der Waals surface area contributed by atoms with Crippen LogP contribution in [0.15, 0.2) is 34.5 Å². The second-order valence-electron chi connectivity index (χ2n) is 4.80. The minimum absolute atomic E-state index is 0.00223. The molecule has 0 atom stereocenters. The highest BCUT2D eigenvalue weighted by atomic mass is 32.2. The standard InChI is InChI=1S/C14H16FN3O3S2/c15-10-1-4-12(5-2-10)23(20,21)8-7-17-13(19)6-3-11-9-22-14(16)18-11/h1-2,4-5,9H,3,6-8H2,(H2,16,18)(H,17,19). The summed E-state index contributed by atoms with van der Waals surface area (Å²) in [5.74, 6) is -1.00. The second kappa shape index (κ2) is 7.51. The molecule has 1 aromatic heterocycles. The molecule has 0 saturated carbocycles. The van der Waals surface area contributed by atoms with E-state index in [1.54, 1.807) is 5.38 Å². The Hall–Kier alpha value is -2.00. The third-order valence-electron chi connectivity index (χ3n) is 3.04. The molecule has 23 heavy (non-hydrogen) atoms. The zero-order chi connectivity index (χ0) is 16.9. The molecule has 2 aromatic rings. The van der Waals surface area contributed by atoms with E-state index >= 15 is 0 Å². The number of nitrogen functional groups attached to an aromatic ring is 1. The summed E-state index contributed by atoms with van der Waals surface area (Å²) in [7, 11) is -3.55. The number of rotatable bonds is 7. The van der Waals surface area contributed by atoms with Gasteiger partial charge >= 0.3 is 0 Å². The quantitative estimate of drug-likeness (QED) is 0.729. The number of sulfone groups is 1. The molecule has 0 unspecified atom stereocenters. The van der Waals surface area contributed by atoms with Crippen molar-refractivity contribution in [1.82, 2.24) is 10.3 Å². The van der Waals surface area contributed by atoms with Gasteiger partial charge in [0, 0.05) is 18.3 Å². The van der Waals surface area contributed by atoms with E-state index < -0.39 is 15.7 Å². The highest BCUT2D eigenvalue weighted by Gasteiger charge is 2.14. The molecule has 1 aromatic carbocycles. The average Bonchev–Trinajstić information content (AvgIpc) is 2.91. The molecule has 0 saturated heterocycles. The Morgan fingerprint density at radius 1 is 1.30 bits per heavy atom. The van der Waals surface area contributed by atoms with Gasteiger partial charge in [-0.05, 0) is 30.7 Å². The molecule has 2 rings (SSSR count). The first-order chi connectivity index (χ1) is 10.9. The van der Waals surface area contributed by atoms with E-state index in [0.29, 0.717) is 11.6 Å². The normalized spacial score (nSPS) is 11.3. The van der Waals surface area contributed by atoms with E-state index in [9.17, 15) is 17.6 Å². The van der Waals surface area contributed by atoms with Crippen LogP contribution in [0.3, 0.4) is 0 Å². The van der Waals surface area contributed by atoms with Crippen LogP contribution < -0.4 is 11.1 Å². The fourth-order valence-electron chi connectivity index (χ4n) is 1.85. The van der Waals surface area contributed by atoms with Gasteiger partial charge in [0.15, 0.2) is 15.0 Å². The Balaban J connectivity index is 1.77. The van der Waals surface area contributed by atoms with Crippen LogP contribution in [-0.2, 0) is 21.1 Å².